The highest BCUT2D eigenvalue weighted by Gasteiger charge is 2.43. The largest absolute Gasteiger partial charge is 0.440 e. The average Bonchev–Trinajstić information content (AvgIpc) is 3.11. The molecule has 0 amide bonds. The molecule has 4 rings (SSSR count). The second-order valence-corrected chi connectivity index (χ2v) is 8.92. The Hall–Kier alpha value is -2.36. The minimum atomic E-state index is -1.98. The Bertz CT molecular complexity index is 1170. The number of fused-ring (bicyclic) bond motifs is 1. The van der Waals surface area contributed by atoms with E-state index in [1.54, 1.807) is 36.4 Å². The lowest BCUT2D eigenvalue weighted by atomic mass is 9.83. The van der Waals surface area contributed by atoms with Gasteiger partial charge >= 0.3 is 0 Å². The van der Waals surface area contributed by atoms with Gasteiger partial charge < -0.3 is 14.9 Å². The molecular formula is C20H11Cl4N3O2. The summed E-state index contributed by atoms with van der Waals surface area (Å²) in [6.07, 6.45) is 0. The van der Waals surface area contributed by atoms with Crippen molar-refractivity contribution in [3.63, 3.8) is 0 Å². The Kier molecular flexibility index (Phi) is 5.14. The molecule has 1 atom stereocenters. The molecule has 146 valence electrons. The molecule has 0 fully saturated rings. The van der Waals surface area contributed by atoms with Gasteiger partial charge in [-0.2, -0.15) is 5.26 Å². The Balaban J connectivity index is 2.03. The number of hydrogen-bond donors (Lipinski definition) is 1. The van der Waals surface area contributed by atoms with Crippen LogP contribution in [0.1, 0.15) is 17.4 Å². The lowest BCUT2D eigenvalue weighted by molar-refractivity contribution is 0.281. The summed E-state index contributed by atoms with van der Waals surface area (Å²) in [7, 11) is 0. The number of nitrogens with zero attached hydrogens (tertiary/aromatic N) is 2. The molecule has 0 radical (unpaired) electrons. The first-order valence-corrected chi connectivity index (χ1v) is 9.81. The van der Waals surface area contributed by atoms with Crippen LogP contribution in [0, 0.1) is 11.3 Å². The minimum absolute atomic E-state index is 0.0782. The first kappa shape index (κ1) is 19.9. The zero-order valence-electron chi connectivity index (χ0n) is 14.5. The maximum absolute atomic E-state index is 9.77. The van der Waals surface area contributed by atoms with Crippen LogP contribution in [0.5, 0.6) is 0 Å². The fraction of sp³-hybridized carbons (Fsp3) is 0.100. The highest BCUT2D eigenvalue weighted by Crippen LogP contribution is 2.50. The fourth-order valence-corrected chi connectivity index (χ4v) is 3.71. The number of ether oxygens (including phenoxy) is 1. The summed E-state index contributed by atoms with van der Waals surface area (Å²) in [5, 5.41) is 10.3. The zero-order chi connectivity index (χ0) is 20.8. The van der Waals surface area contributed by atoms with Crippen molar-refractivity contribution in [3.8, 4) is 6.07 Å². The Labute approximate surface area is 185 Å². The van der Waals surface area contributed by atoms with E-state index in [9.17, 15) is 5.26 Å². The van der Waals surface area contributed by atoms with E-state index in [1.807, 2.05) is 12.1 Å². The summed E-state index contributed by atoms with van der Waals surface area (Å²) in [5.74, 6) is -0.809. The van der Waals surface area contributed by atoms with Crippen LogP contribution in [-0.2, 0) is 4.74 Å². The molecule has 2 N–H and O–H groups in total. The normalized spacial score (nSPS) is 17.4. The number of nitrogens with two attached hydrogens (primary N) is 1. The molecule has 0 unspecified atom stereocenters. The third kappa shape index (κ3) is 3.65. The van der Waals surface area contributed by atoms with Crippen LogP contribution in [0.2, 0.25) is 5.02 Å². The molecule has 1 aliphatic heterocycles. The molecule has 0 saturated carbocycles. The van der Waals surface area contributed by atoms with Crippen molar-refractivity contribution in [3.05, 3.63) is 82.2 Å². The van der Waals surface area contributed by atoms with Crippen LogP contribution >= 0.6 is 46.4 Å². The number of benzene rings is 2. The van der Waals surface area contributed by atoms with Crippen LogP contribution in [-0.4, -0.2) is 8.78 Å². The van der Waals surface area contributed by atoms with Gasteiger partial charge in [-0.1, -0.05) is 70.7 Å². The summed E-state index contributed by atoms with van der Waals surface area (Å²) in [5.41, 5.74) is 8.26. The summed E-state index contributed by atoms with van der Waals surface area (Å²) in [6, 6.07) is 16.2. The lowest BCUT2D eigenvalue weighted by Gasteiger charge is -2.30. The first-order valence-electron chi connectivity index (χ1n) is 8.30. The molecule has 2 aromatic carbocycles. The predicted octanol–water partition coefficient (Wildman–Crippen LogP) is 6.07. The Morgan fingerprint density at radius 2 is 1.76 bits per heavy atom. The third-order valence-corrected chi connectivity index (χ3v) is 5.17. The van der Waals surface area contributed by atoms with Crippen LogP contribution in [0.25, 0.3) is 16.7 Å². The maximum Gasteiger partial charge on any atom is 0.248 e. The second-order valence-electron chi connectivity index (χ2n) is 6.20. The molecule has 1 aliphatic rings. The number of hydrogen-bond acceptors (Lipinski definition) is 5. The maximum atomic E-state index is 9.77. The van der Waals surface area contributed by atoms with Gasteiger partial charge in [0.15, 0.2) is 11.3 Å². The van der Waals surface area contributed by atoms with Crippen molar-refractivity contribution in [2.45, 2.75) is 9.71 Å². The average molecular weight is 467 g/mol. The van der Waals surface area contributed by atoms with Crippen molar-refractivity contribution in [2.75, 3.05) is 0 Å². The van der Waals surface area contributed by atoms with Crippen LogP contribution in [0.3, 0.4) is 0 Å². The van der Waals surface area contributed by atoms with E-state index in [0.29, 0.717) is 27.3 Å². The van der Waals surface area contributed by atoms with Crippen molar-refractivity contribution in [1.82, 2.24) is 4.98 Å². The van der Waals surface area contributed by atoms with Gasteiger partial charge in [0.05, 0.1) is 11.5 Å². The van der Waals surface area contributed by atoms with Crippen LogP contribution < -0.4 is 5.73 Å². The summed E-state index contributed by atoms with van der Waals surface area (Å²) >= 11 is 24.6. The highest BCUT2D eigenvalue weighted by molar-refractivity contribution is 6.69. The third-order valence-electron chi connectivity index (χ3n) is 4.40. The molecule has 0 saturated heterocycles. The Morgan fingerprint density at radius 1 is 1.07 bits per heavy atom. The van der Waals surface area contributed by atoms with Crippen molar-refractivity contribution in [1.29, 1.82) is 5.26 Å². The fourth-order valence-electron chi connectivity index (χ4n) is 3.16. The van der Waals surface area contributed by atoms with Crippen LogP contribution in [0.15, 0.2) is 70.2 Å². The van der Waals surface area contributed by atoms with Gasteiger partial charge in [0.25, 0.3) is 0 Å². The molecular weight excluding hydrogens is 456 g/mol. The summed E-state index contributed by atoms with van der Waals surface area (Å²) < 4.78 is 9.52. The standard InChI is InChI=1S/C20H11Cl4N3O2/c21-11-7-5-10(6-8-11)15-12(9-25)18(26)29-17(20(22,23)24)16(15)19-27-13-3-1-2-4-14(13)28-19/h1-8,15H,26H2/t15-/m1/s1. The van der Waals surface area contributed by atoms with E-state index in [4.69, 9.17) is 61.3 Å². The van der Waals surface area contributed by atoms with Crippen molar-refractivity contribution in [2.24, 2.45) is 5.73 Å². The van der Waals surface area contributed by atoms with Gasteiger partial charge in [0.1, 0.15) is 17.2 Å². The minimum Gasteiger partial charge on any atom is -0.440 e. The zero-order valence-corrected chi connectivity index (χ0v) is 17.5. The second kappa shape index (κ2) is 7.47. The van der Waals surface area contributed by atoms with Gasteiger partial charge in [-0.3, -0.25) is 0 Å². The number of para-hydroxylation sites is 2. The van der Waals surface area contributed by atoms with E-state index in [-0.39, 0.29) is 23.1 Å². The summed E-state index contributed by atoms with van der Waals surface area (Å²) in [6.45, 7) is 0. The number of oxazole rings is 1. The molecule has 3 aromatic rings. The molecule has 29 heavy (non-hydrogen) atoms. The van der Waals surface area contributed by atoms with E-state index >= 15 is 0 Å². The van der Waals surface area contributed by atoms with Gasteiger partial charge in [0, 0.05) is 5.02 Å². The first-order chi connectivity index (χ1) is 13.8. The molecule has 5 nitrogen and oxygen atoms in total. The quantitative estimate of drug-likeness (QED) is 0.463. The SMILES string of the molecule is N#CC1=C(N)OC(C(Cl)(Cl)Cl)=C(c2nc3ccccc3o2)[C@@H]1c1ccc(Cl)cc1. The topological polar surface area (TPSA) is 85.1 Å². The van der Waals surface area contributed by atoms with E-state index in [2.05, 4.69) is 11.1 Å². The van der Waals surface area contributed by atoms with Gasteiger partial charge in [-0.25, -0.2) is 4.98 Å². The van der Waals surface area contributed by atoms with Gasteiger partial charge in [-0.05, 0) is 29.8 Å². The van der Waals surface area contributed by atoms with Gasteiger partial charge in [0.2, 0.25) is 15.6 Å². The van der Waals surface area contributed by atoms with Crippen molar-refractivity contribution < 1.29 is 9.15 Å². The molecule has 0 bridgehead atoms. The number of rotatable bonds is 2. The number of aromatic nitrogens is 1. The van der Waals surface area contributed by atoms with E-state index in [1.165, 1.54) is 0 Å². The number of halogens is 4. The number of alkyl halides is 3. The Morgan fingerprint density at radius 3 is 2.38 bits per heavy atom. The summed E-state index contributed by atoms with van der Waals surface area (Å²) in [4.78, 5) is 4.51. The smallest absolute Gasteiger partial charge is 0.248 e. The monoisotopic (exact) mass is 465 g/mol. The molecule has 9 heteroatoms. The molecule has 1 aromatic heterocycles. The lowest BCUT2D eigenvalue weighted by Crippen LogP contribution is -2.26. The van der Waals surface area contributed by atoms with E-state index in [0.717, 1.165) is 0 Å². The highest BCUT2D eigenvalue weighted by atomic mass is 35.6. The number of nitriles is 1. The van der Waals surface area contributed by atoms with Crippen molar-refractivity contribution >= 4 is 63.1 Å². The predicted molar refractivity (Wildman–Crippen MR) is 113 cm³/mol. The van der Waals surface area contributed by atoms with Crippen LogP contribution in [0.4, 0.5) is 0 Å². The molecule has 0 spiro atoms. The molecule has 0 aliphatic carbocycles. The van der Waals surface area contributed by atoms with E-state index < -0.39 is 9.71 Å². The van der Waals surface area contributed by atoms with Gasteiger partial charge in [-0.15, -0.1) is 0 Å². The molecule has 2 heterocycles. The number of allylic oxidation sites excluding steroid dienone is 3.